The van der Waals surface area contributed by atoms with E-state index in [-0.39, 0.29) is 18.1 Å². The minimum absolute atomic E-state index is 0.0259. The number of fused-ring (bicyclic) bond motifs is 2. The summed E-state index contributed by atoms with van der Waals surface area (Å²) in [7, 11) is 0. The maximum atomic E-state index is 13.3. The fraction of sp³-hybridized carbons (Fsp3) is 0.0769. The summed E-state index contributed by atoms with van der Waals surface area (Å²) in [5.74, 6) is -0.257. The Hall–Kier alpha value is -3.76. The topological polar surface area (TPSA) is 46.6 Å². The first-order valence-electron chi connectivity index (χ1n) is 9.88. The van der Waals surface area contributed by atoms with Crippen LogP contribution in [-0.2, 0) is 4.84 Å². The van der Waals surface area contributed by atoms with Gasteiger partial charge in [0.15, 0.2) is 5.78 Å². The second kappa shape index (κ2) is 7.58. The summed E-state index contributed by atoms with van der Waals surface area (Å²) in [4.78, 5) is 32.3. The van der Waals surface area contributed by atoms with Crippen molar-refractivity contribution in [3.8, 4) is 0 Å². The van der Waals surface area contributed by atoms with Crippen LogP contribution in [0.15, 0.2) is 97.1 Å². The molecule has 146 valence electrons. The van der Waals surface area contributed by atoms with Crippen molar-refractivity contribution in [2.24, 2.45) is 0 Å². The molecule has 0 N–H and O–H groups in total. The van der Waals surface area contributed by atoms with Crippen LogP contribution in [-0.4, -0.2) is 11.7 Å². The maximum Gasteiger partial charge on any atom is 0.282 e. The molecule has 5 rings (SSSR count). The van der Waals surface area contributed by atoms with Gasteiger partial charge in [0.2, 0.25) is 0 Å². The molecule has 1 atom stereocenters. The number of hydroxylamine groups is 1. The van der Waals surface area contributed by atoms with Crippen molar-refractivity contribution in [1.29, 1.82) is 0 Å². The van der Waals surface area contributed by atoms with E-state index in [4.69, 9.17) is 4.84 Å². The van der Waals surface area contributed by atoms with Crippen LogP contribution in [0.4, 0.5) is 5.69 Å². The zero-order valence-electron chi connectivity index (χ0n) is 16.2. The number of rotatable bonds is 4. The van der Waals surface area contributed by atoms with Crippen LogP contribution in [0.1, 0.15) is 38.8 Å². The van der Waals surface area contributed by atoms with Crippen molar-refractivity contribution in [2.45, 2.75) is 12.5 Å². The number of ketones is 1. The highest BCUT2D eigenvalue weighted by Gasteiger charge is 2.35. The smallest absolute Gasteiger partial charge is 0.282 e. The largest absolute Gasteiger partial charge is 0.294 e. The Morgan fingerprint density at radius 1 is 0.800 bits per heavy atom. The summed E-state index contributed by atoms with van der Waals surface area (Å²) in [6.45, 7) is 0. The lowest BCUT2D eigenvalue weighted by Crippen LogP contribution is -2.38. The highest BCUT2D eigenvalue weighted by Crippen LogP contribution is 2.37. The highest BCUT2D eigenvalue weighted by atomic mass is 16.7. The third kappa shape index (κ3) is 3.27. The molecule has 0 spiro atoms. The van der Waals surface area contributed by atoms with E-state index < -0.39 is 6.10 Å². The van der Waals surface area contributed by atoms with Crippen molar-refractivity contribution >= 4 is 28.2 Å². The fourth-order valence-electron chi connectivity index (χ4n) is 3.85. The van der Waals surface area contributed by atoms with Crippen molar-refractivity contribution in [2.75, 3.05) is 5.06 Å². The number of amides is 1. The molecule has 1 amide bonds. The van der Waals surface area contributed by atoms with E-state index in [0.717, 1.165) is 16.3 Å². The van der Waals surface area contributed by atoms with E-state index >= 15 is 0 Å². The number of para-hydroxylation sites is 1. The van der Waals surface area contributed by atoms with Crippen LogP contribution >= 0.6 is 0 Å². The molecule has 0 saturated carbocycles. The third-order valence-corrected chi connectivity index (χ3v) is 5.37. The summed E-state index contributed by atoms with van der Waals surface area (Å²) in [5.41, 5.74) is 2.58. The quantitative estimate of drug-likeness (QED) is 0.415. The Kier molecular flexibility index (Phi) is 4.62. The number of carbonyl (C=O) groups excluding carboxylic acids is 2. The van der Waals surface area contributed by atoms with Gasteiger partial charge in [0, 0.05) is 17.5 Å². The Morgan fingerprint density at radius 2 is 1.40 bits per heavy atom. The van der Waals surface area contributed by atoms with Crippen LogP contribution in [0.5, 0.6) is 0 Å². The molecule has 0 aromatic heterocycles. The van der Waals surface area contributed by atoms with E-state index in [9.17, 15) is 9.59 Å². The van der Waals surface area contributed by atoms with Gasteiger partial charge in [-0.15, -0.1) is 0 Å². The molecular formula is C26H19NO3. The predicted octanol–water partition coefficient (Wildman–Crippen LogP) is 5.75. The summed E-state index contributed by atoms with van der Waals surface area (Å²) >= 11 is 0. The molecule has 1 heterocycles. The van der Waals surface area contributed by atoms with Gasteiger partial charge in [-0.1, -0.05) is 72.8 Å². The van der Waals surface area contributed by atoms with E-state index in [1.165, 1.54) is 5.06 Å². The summed E-state index contributed by atoms with van der Waals surface area (Å²) < 4.78 is 0. The average molecular weight is 393 g/mol. The molecule has 1 aliphatic rings. The fourth-order valence-corrected chi connectivity index (χ4v) is 3.85. The standard InChI is InChI=1S/C26H19NO3/c28-24(18-9-3-1-4-10-18)17-25-22-15-19-11-7-8-12-20(19)16-23(22)26(29)27(30-25)21-13-5-2-6-14-21/h1-16,25H,17H2. The van der Waals surface area contributed by atoms with E-state index in [1.54, 1.807) is 12.1 Å². The number of carbonyl (C=O) groups is 2. The van der Waals surface area contributed by atoms with Crippen LogP contribution in [0.2, 0.25) is 0 Å². The summed E-state index contributed by atoms with van der Waals surface area (Å²) in [5, 5.41) is 3.30. The van der Waals surface area contributed by atoms with Gasteiger partial charge in [0.25, 0.3) is 5.91 Å². The molecule has 1 aliphatic heterocycles. The van der Waals surface area contributed by atoms with Crippen molar-refractivity contribution in [1.82, 2.24) is 0 Å². The Balaban J connectivity index is 1.60. The van der Waals surface area contributed by atoms with Crippen LogP contribution < -0.4 is 5.06 Å². The molecule has 0 saturated heterocycles. The second-order valence-electron chi connectivity index (χ2n) is 7.31. The first-order chi connectivity index (χ1) is 14.7. The van der Waals surface area contributed by atoms with E-state index in [0.29, 0.717) is 16.8 Å². The maximum absolute atomic E-state index is 13.3. The number of hydrogen-bond donors (Lipinski definition) is 0. The molecular weight excluding hydrogens is 374 g/mol. The third-order valence-electron chi connectivity index (χ3n) is 5.37. The number of nitrogens with zero attached hydrogens (tertiary/aromatic N) is 1. The molecule has 0 fully saturated rings. The molecule has 0 aliphatic carbocycles. The SMILES string of the molecule is O=C(CC1ON(c2ccccc2)C(=O)c2cc3ccccc3cc21)c1ccccc1. The van der Waals surface area contributed by atoms with Crippen molar-refractivity contribution in [3.05, 3.63) is 114 Å². The number of Topliss-reactive ketones (excluding diaryl/α,β-unsaturated/α-hetero) is 1. The van der Waals surface area contributed by atoms with E-state index in [2.05, 4.69) is 0 Å². The minimum atomic E-state index is -0.560. The lowest BCUT2D eigenvalue weighted by atomic mass is 9.92. The second-order valence-corrected chi connectivity index (χ2v) is 7.31. The van der Waals surface area contributed by atoms with Crippen LogP contribution in [0.3, 0.4) is 0 Å². The molecule has 30 heavy (non-hydrogen) atoms. The van der Waals surface area contributed by atoms with Gasteiger partial charge in [0.05, 0.1) is 5.69 Å². The van der Waals surface area contributed by atoms with E-state index in [1.807, 2.05) is 84.9 Å². The summed E-state index contributed by atoms with van der Waals surface area (Å²) in [6.07, 6.45) is -0.415. The number of hydrogen-bond acceptors (Lipinski definition) is 3. The molecule has 1 unspecified atom stereocenters. The average Bonchev–Trinajstić information content (AvgIpc) is 2.81. The van der Waals surface area contributed by atoms with Gasteiger partial charge in [-0.25, -0.2) is 0 Å². The lowest BCUT2D eigenvalue weighted by molar-refractivity contribution is 0.0148. The minimum Gasteiger partial charge on any atom is -0.294 e. The Labute approximate surface area is 174 Å². The zero-order chi connectivity index (χ0) is 20.5. The molecule has 0 radical (unpaired) electrons. The lowest BCUT2D eigenvalue weighted by Gasteiger charge is -2.33. The molecule has 0 bridgehead atoms. The normalized spacial score (nSPS) is 15.8. The van der Waals surface area contributed by atoms with Crippen molar-refractivity contribution < 1.29 is 14.4 Å². The Bertz CT molecular complexity index is 1240. The monoisotopic (exact) mass is 393 g/mol. The molecule has 4 nitrogen and oxygen atoms in total. The highest BCUT2D eigenvalue weighted by molar-refractivity contribution is 6.09. The zero-order valence-corrected chi connectivity index (χ0v) is 16.2. The van der Waals surface area contributed by atoms with Gasteiger partial charge >= 0.3 is 0 Å². The number of benzene rings is 4. The Morgan fingerprint density at radius 3 is 2.10 bits per heavy atom. The van der Waals surface area contributed by atoms with Gasteiger partial charge in [-0.3, -0.25) is 14.4 Å². The van der Waals surface area contributed by atoms with Gasteiger partial charge in [-0.2, -0.15) is 5.06 Å². The summed E-state index contributed by atoms with van der Waals surface area (Å²) in [6, 6.07) is 30.1. The van der Waals surface area contributed by atoms with Gasteiger partial charge in [0.1, 0.15) is 6.10 Å². The van der Waals surface area contributed by atoms with Crippen LogP contribution in [0, 0.1) is 0 Å². The molecule has 4 aromatic rings. The number of anilines is 1. The molecule has 4 aromatic carbocycles. The van der Waals surface area contributed by atoms with Gasteiger partial charge < -0.3 is 0 Å². The predicted molar refractivity (Wildman–Crippen MR) is 116 cm³/mol. The van der Waals surface area contributed by atoms with Crippen molar-refractivity contribution in [3.63, 3.8) is 0 Å². The van der Waals surface area contributed by atoms with Crippen LogP contribution in [0.25, 0.3) is 10.8 Å². The first-order valence-corrected chi connectivity index (χ1v) is 9.88. The molecule has 4 heteroatoms. The first kappa shape index (κ1) is 18.3. The van der Waals surface area contributed by atoms with Gasteiger partial charge in [-0.05, 0) is 40.6 Å².